The molecule has 0 radical (unpaired) electrons. The minimum Gasteiger partial charge on any atom is -0.461 e. The Labute approximate surface area is 127 Å². The van der Waals surface area contributed by atoms with E-state index in [2.05, 4.69) is 11.8 Å². The van der Waals surface area contributed by atoms with E-state index in [0.29, 0.717) is 18.6 Å². The minimum absolute atomic E-state index is 0.102. The fourth-order valence-corrected chi connectivity index (χ4v) is 2.75. The number of esters is 1. The zero-order valence-electron chi connectivity index (χ0n) is 13.0. The van der Waals surface area contributed by atoms with Crippen LogP contribution in [0.3, 0.4) is 0 Å². The molecule has 4 nitrogen and oxygen atoms in total. The summed E-state index contributed by atoms with van der Waals surface area (Å²) in [5, 5.41) is 0. The third kappa shape index (κ3) is 4.83. The maximum atomic E-state index is 12.1. The molecule has 2 rings (SSSR count). The molecule has 1 heterocycles. The van der Waals surface area contributed by atoms with Crippen LogP contribution in [0.5, 0.6) is 0 Å². The van der Waals surface area contributed by atoms with E-state index in [9.17, 15) is 4.79 Å². The average molecular weight is 290 g/mol. The molecule has 1 aromatic rings. The van der Waals surface area contributed by atoms with Gasteiger partial charge in [0.15, 0.2) is 0 Å². The van der Waals surface area contributed by atoms with Crippen molar-refractivity contribution in [2.45, 2.75) is 32.9 Å². The molecular weight excluding hydrogens is 264 g/mol. The summed E-state index contributed by atoms with van der Waals surface area (Å²) in [6.45, 7) is 7.16. The number of nitrogens with two attached hydrogens (primary N) is 1. The molecule has 0 aliphatic carbocycles. The normalized spacial score (nSPS) is 24.5. The second-order valence-corrected chi connectivity index (χ2v) is 6.18. The lowest BCUT2D eigenvalue weighted by molar-refractivity contribution is -0.150. The molecule has 0 amide bonds. The number of likely N-dealkylation sites (tertiary alicyclic amines) is 1. The molecule has 1 fully saturated rings. The average Bonchev–Trinajstić information content (AvgIpc) is 2.49. The Balaban J connectivity index is 1.75. The van der Waals surface area contributed by atoms with Gasteiger partial charge >= 0.3 is 5.97 Å². The highest BCUT2D eigenvalue weighted by molar-refractivity contribution is 5.72. The van der Waals surface area contributed by atoms with Gasteiger partial charge in [0.25, 0.3) is 0 Å². The number of benzene rings is 1. The molecule has 3 atom stereocenters. The number of hydrogen-bond acceptors (Lipinski definition) is 4. The standard InChI is InChI=1S/C17H26N2O2/c1-13-10-19(9-8-16(13)18)11-14(2)17(20)21-12-15-6-4-3-5-7-15/h3-7,13-14,16H,8-12,18H2,1-2H3. The number of carbonyl (C=O) groups excluding carboxylic acids is 1. The summed E-state index contributed by atoms with van der Waals surface area (Å²) in [5.74, 6) is 0.267. The number of carbonyl (C=O) groups is 1. The van der Waals surface area contributed by atoms with Crippen molar-refractivity contribution in [1.29, 1.82) is 0 Å². The van der Waals surface area contributed by atoms with E-state index in [1.807, 2.05) is 37.3 Å². The molecule has 0 saturated carbocycles. The second kappa shape index (κ2) is 7.57. The van der Waals surface area contributed by atoms with Crippen LogP contribution >= 0.6 is 0 Å². The first-order chi connectivity index (χ1) is 10.1. The highest BCUT2D eigenvalue weighted by Crippen LogP contribution is 2.16. The fraction of sp³-hybridized carbons (Fsp3) is 0.588. The lowest BCUT2D eigenvalue weighted by Crippen LogP contribution is -2.47. The Kier molecular flexibility index (Phi) is 5.76. The van der Waals surface area contributed by atoms with Crippen LogP contribution < -0.4 is 5.73 Å². The predicted octanol–water partition coefficient (Wildman–Crippen LogP) is 2.03. The minimum atomic E-state index is -0.124. The number of nitrogens with zero attached hydrogens (tertiary/aromatic N) is 1. The summed E-state index contributed by atoms with van der Waals surface area (Å²) in [4.78, 5) is 14.4. The van der Waals surface area contributed by atoms with Crippen molar-refractivity contribution >= 4 is 5.97 Å². The highest BCUT2D eigenvalue weighted by atomic mass is 16.5. The molecule has 1 aromatic carbocycles. The van der Waals surface area contributed by atoms with Gasteiger partial charge in [0, 0.05) is 19.1 Å². The lowest BCUT2D eigenvalue weighted by atomic mass is 9.94. The van der Waals surface area contributed by atoms with E-state index in [0.717, 1.165) is 31.6 Å². The Bertz CT molecular complexity index is 449. The first-order valence-corrected chi connectivity index (χ1v) is 7.74. The Morgan fingerprint density at radius 1 is 1.43 bits per heavy atom. The number of hydrogen-bond donors (Lipinski definition) is 1. The largest absolute Gasteiger partial charge is 0.461 e. The van der Waals surface area contributed by atoms with Crippen LogP contribution in [0.1, 0.15) is 25.8 Å². The van der Waals surface area contributed by atoms with E-state index < -0.39 is 0 Å². The Hall–Kier alpha value is -1.39. The van der Waals surface area contributed by atoms with Crippen molar-refractivity contribution in [3.63, 3.8) is 0 Å². The first-order valence-electron chi connectivity index (χ1n) is 7.74. The molecule has 3 unspecified atom stereocenters. The van der Waals surface area contributed by atoms with Gasteiger partial charge < -0.3 is 15.4 Å². The van der Waals surface area contributed by atoms with Gasteiger partial charge in [-0.15, -0.1) is 0 Å². The molecule has 1 saturated heterocycles. The van der Waals surface area contributed by atoms with Crippen molar-refractivity contribution in [1.82, 2.24) is 4.90 Å². The predicted molar refractivity (Wildman–Crippen MR) is 83.6 cm³/mol. The van der Waals surface area contributed by atoms with Crippen LogP contribution in [-0.2, 0) is 16.1 Å². The summed E-state index contributed by atoms with van der Waals surface area (Å²) in [7, 11) is 0. The monoisotopic (exact) mass is 290 g/mol. The number of ether oxygens (including phenoxy) is 1. The molecule has 1 aliphatic rings. The molecular formula is C17H26N2O2. The second-order valence-electron chi connectivity index (χ2n) is 6.18. The van der Waals surface area contributed by atoms with Crippen molar-refractivity contribution < 1.29 is 9.53 Å². The van der Waals surface area contributed by atoms with Crippen molar-refractivity contribution in [2.75, 3.05) is 19.6 Å². The SMILES string of the molecule is CC(CN1CCC(N)C(C)C1)C(=O)OCc1ccccc1. The molecule has 0 aromatic heterocycles. The Morgan fingerprint density at radius 3 is 2.81 bits per heavy atom. The fourth-order valence-electron chi connectivity index (χ4n) is 2.75. The van der Waals surface area contributed by atoms with Gasteiger partial charge in [-0.05, 0) is 24.4 Å². The van der Waals surface area contributed by atoms with Gasteiger partial charge in [-0.2, -0.15) is 0 Å². The molecule has 0 spiro atoms. The number of rotatable bonds is 5. The summed E-state index contributed by atoms with van der Waals surface area (Å²) < 4.78 is 5.39. The maximum Gasteiger partial charge on any atom is 0.310 e. The topological polar surface area (TPSA) is 55.6 Å². The lowest BCUT2D eigenvalue weighted by Gasteiger charge is -2.36. The summed E-state index contributed by atoms with van der Waals surface area (Å²) in [6.07, 6.45) is 1.01. The van der Waals surface area contributed by atoms with Gasteiger partial charge in [-0.1, -0.05) is 44.2 Å². The molecule has 0 bridgehead atoms. The van der Waals surface area contributed by atoms with Crippen LogP contribution in [0.4, 0.5) is 0 Å². The van der Waals surface area contributed by atoms with Crippen LogP contribution in [0.25, 0.3) is 0 Å². The third-order valence-electron chi connectivity index (χ3n) is 4.21. The van der Waals surface area contributed by atoms with E-state index >= 15 is 0 Å². The first kappa shape index (κ1) is 16.0. The van der Waals surface area contributed by atoms with E-state index in [1.54, 1.807) is 0 Å². The van der Waals surface area contributed by atoms with Crippen LogP contribution in [0.15, 0.2) is 30.3 Å². The van der Waals surface area contributed by atoms with Crippen molar-refractivity contribution in [2.24, 2.45) is 17.6 Å². The molecule has 2 N–H and O–H groups in total. The molecule has 1 aliphatic heterocycles. The maximum absolute atomic E-state index is 12.1. The summed E-state index contributed by atoms with van der Waals surface area (Å²) in [5.41, 5.74) is 7.05. The van der Waals surface area contributed by atoms with Gasteiger partial charge in [0.05, 0.1) is 5.92 Å². The van der Waals surface area contributed by atoms with Crippen molar-refractivity contribution in [3.8, 4) is 0 Å². The molecule has 21 heavy (non-hydrogen) atoms. The van der Waals surface area contributed by atoms with E-state index in [4.69, 9.17) is 10.5 Å². The number of piperidine rings is 1. The van der Waals surface area contributed by atoms with Gasteiger partial charge in [0.2, 0.25) is 0 Å². The summed E-state index contributed by atoms with van der Waals surface area (Å²) >= 11 is 0. The van der Waals surface area contributed by atoms with Gasteiger partial charge in [-0.3, -0.25) is 4.79 Å². The highest BCUT2D eigenvalue weighted by Gasteiger charge is 2.26. The van der Waals surface area contributed by atoms with Crippen LogP contribution in [-0.4, -0.2) is 36.5 Å². The molecule has 116 valence electrons. The molecule has 4 heteroatoms. The van der Waals surface area contributed by atoms with Crippen LogP contribution in [0, 0.1) is 11.8 Å². The van der Waals surface area contributed by atoms with E-state index in [-0.39, 0.29) is 11.9 Å². The smallest absolute Gasteiger partial charge is 0.310 e. The summed E-state index contributed by atoms with van der Waals surface area (Å²) in [6, 6.07) is 10.1. The third-order valence-corrected chi connectivity index (χ3v) is 4.21. The van der Waals surface area contributed by atoms with Crippen LogP contribution in [0.2, 0.25) is 0 Å². The Morgan fingerprint density at radius 2 is 2.14 bits per heavy atom. The van der Waals surface area contributed by atoms with E-state index in [1.165, 1.54) is 0 Å². The zero-order chi connectivity index (χ0) is 15.2. The quantitative estimate of drug-likeness (QED) is 0.843. The van der Waals surface area contributed by atoms with Gasteiger partial charge in [-0.25, -0.2) is 0 Å². The van der Waals surface area contributed by atoms with Crippen molar-refractivity contribution in [3.05, 3.63) is 35.9 Å². The van der Waals surface area contributed by atoms with Gasteiger partial charge in [0.1, 0.15) is 6.61 Å². The zero-order valence-corrected chi connectivity index (χ0v) is 13.0.